The van der Waals surface area contributed by atoms with Gasteiger partial charge < -0.3 is 5.32 Å². The van der Waals surface area contributed by atoms with Gasteiger partial charge in [-0.3, -0.25) is 4.79 Å². The zero-order chi connectivity index (χ0) is 20.8. The first-order chi connectivity index (χ1) is 15.2. The van der Waals surface area contributed by atoms with Gasteiger partial charge in [-0.05, 0) is 85.2 Å². The maximum Gasteiger partial charge on any atom is 0.317 e. The summed E-state index contributed by atoms with van der Waals surface area (Å²) < 4.78 is 2.30. The third-order valence-electron chi connectivity index (χ3n) is 7.76. The van der Waals surface area contributed by atoms with E-state index < -0.39 is 0 Å². The number of fused-ring (bicyclic) bond motifs is 1. The van der Waals surface area contributed by atoms with Crippen LogP contribution in [0, 0.1) is 23.7 Å². The van der Waals surface area contributed by atoms with Gasteiger partial charge in [-0.2, -0.15) is 0 Å². The number of carbonyl (C=O) groups is 1. The highest BCUT2D eigenvalue weighted by molar-refractivity contribution is 7.99. The normalized spacial score (nSPS) is 28.8. The summed E-state index contributed by atoms with van der Waals surface area (Å²) in [7, 11) is 0. The highest BCUT2D eigenvalue weighted by Crippen LogP contribution is 2.53. The molecule has 0 atom stereocenters. The van der Waals surface area contributed by atoms with Crippen LogP contribution in [0.3, 0.4) is 0 Å². The second-order valence-electron chi connectivity index (χ2n) is 9.83. The number of amides is 1. The Balaban J connectivity index is 1.16. The number of nitrogens with one attached hydrogen (secondary N) is 2. The molecule has 2 N–H and O–H groups in total. The maximum atomic E-state index is 12.9. The summed E-state index contributed by atoms with van der Waals surface area (Å²) in [4.78, 5) is 16.5. The van der Waals surface area contributed by atoms with Gasteiger partial charge in [-0.25, -0.2) is 9.55 Å². The fourth-order valence-corrected chi connectivity index (χ4v) is 7.52. The Morgan fingerprint density at radius 3 is 2.35 bits per heavy atom. The van der Waals surface area contributed by atoms with Crippen molar-refractivity contribution in [3.63, 3.8) is 0 Å². The van der Waals surface area contributed by atoms with Crippen molar-refractivity contribution in [3.8, 4) is 0 Å². The van der Waals surface area contributed by atoms with Gasteiger partial charge in [-0.15, -0.1) is 0 Å². The van der Waals surface area contributed by atoms with Crippen LogP contribution >= 0.6 is 11.8 Å². The number of hydrogen-bond acceptors (Lipinski definition) is 2. The Hall–Kier alpha value is -2.27. The molecule has 5 heteroatoms. The number of aromatic nitrogens is 2. The molecule has 4 aliphatic rings. The van der Waals surface area contributed by atoms with Crippen LogP contribution in [0.5, 0.6) is 0 Å². The molecule has 0 aliphatic heterocycles. The molecular weight excluding hydrogens is 402 g/mol. The van der Waals surface area contributed by atoms with Crippen molar-refractivity contribution < 1.29 is 9.36 Å². The SMILES string of the molecule is O=C(CSc1[nH]c2ccccc2[n+]1Cc1ccccc1)NC1C2CC3CC(C2)CC1C3. The molecule has 3 aromatic rings. The molecule has 4 nitrogen and oxygen atoms in total. The molecule has 2 aromatic carbocycles. The Bertz CT molecular complexity index is 1060. The lowest BCUT2D eigenvalue weighted by Crippen LogP contribution is -2.56. The summed E-state index contributed by atoms with van der Waals surface area (Å²) in [5, 5.41) is 4.50. The molecule has 4 aliphatic carbocycles. The van der Waals surface area contributed by atoms with Crippen molar-refractivity contribution in [1.29, 1.82) is 0 Å². The van der Waals surface area contributed by atoms with E-state index in [-0.39, 0.29) is 5.91 Å². The van der Waals surface area contributed by atoms with Crippen molar-refractivity contribution >= 4 is 28.7 Å². The van der Waals surface area contributed by atoms with Crippen molar-refractivity contribution in [3.05, 3.63) is 60.2 Å². The first-order valence-corrected chi connectivity index (χ1v) is 12.7. The number of H-pyrrole nitrogens is 1. The zero-order valence-electron chi connectivity index (χ0n) is 17.8. The van der Waals surface area contributed by atoms with E-state index in [0.717, 1.165) is 40.9 Å². The highest BCUT2D eigenvalue weighted by atomic mass is 32.2. The molecule has 4 saturated carbocycles. The lowest BCUT2D eigenvalue weighted by atomic mass is 9.54. The van der Waals surface area contributed by atoms with Gasteiger partial charge in [0.2, 0.25) is 5.91 Å². The minimum Gasteiger partial charge on any atom is -0.352 e. The molecule has 0 unspecified atom stereocenters. The minimum absolute atomic E-state index is 0.187. The van der Waals surface area contributed by atoms with Crippen LogP contribution in [0.15, 0.2) is 59.8 Å². The van der Waals surface area contributed by atoms with E-state index in [4.69, 9.17) is 0 Å². The average Bonchev–Trinajstić information content (AvgIpc) is 3.12. The largest absolute Gasteiger partial charge is 0.352 e. The molecule has 4 bridgehead atoms. The summed E-state index contributed by atoms with van der Waals surface area (Å²) in [6, 6.07) is 19.3. The van der Waals surface area contributed by atoms with Crippen LogP contribution in [0.4, 0.5) is 0 Å². The summed E-state index contributed by atoms with van der Waals surface area (Å²) in [6.07, 6.45) is 6.80. The molecule has 0 saturated heterocycles. The molecule has 1 amide bonds. The van der Waals surface area contributed by atoms with Crippen LogP contribution in [0.2, 0.25) is 0 Å². The third kappa shape index (κ3) is 3.78. The molecular formula is C26H30N3OS+. The predicted octanol–water partition coefficient (Wildman–Crippen LogP) is 4.54. The molecule has 0 spiro atoms. The van der Waals surface area contributed by atoms with Crippen LogP contribution < -0.4 is 9.88 Å². The first-order valence-electron chi connectivity index (χ1n) is 11.7. The molecule has 31 heavy (non-hydrogen) atoms. The number of imidazole rings is 1. The van der Waals surface area contributed by atoms with Crippen LogP contribution in [-0.2, 0) is 11.3 Å². The van der Waals surface area contributed by atoms with Gasteiger partial charge in [0, 0.05) is 6.04 Å². The number of carbonyl (C=O) groups excluding carboxylic acids is 1. The van der Waals surface area contributed by atoms with E-state index in [1.54, 1.807) is 11.8 Å². The highest BCUT2D eigenvalue weighted by Gasteiger charge is 2.48. The second-order valence-corrected chi connectivity index (χ2v) is 10.8. The second kappa shape index (κ2) is 8.01. The fraction of sp³-hybridized carbons (Fsp3) is 0.462. The Kier molecular flexibility index (Phi) is 5.02. The number of benzene rings is 2. The number of thioether (sulfide) groups is 1. The third-order valence-corrected chi connectivity index (χ3v) is 8.76. The average molecular weight is 433 g/mol. The molecule has 1 heterocycles. The summed E-state index contributed by atoms with van der Waals surface area (Å²) in [6.45, 7) is 0.796. The first kappa shape index (κ1) is 19.4. The zero-order valence-corrected chi connectivity index (χ0v) is 18.6. The van der Waals surface area contributed by atoms with Gasteiger partial charge in [0.1, 0.15) is 6.54 Å². The topological polar surface area (TPSA) is 48.8 Å². The van der Waals surface area contributed by atoms with E-state index in [1.165, 1.54) is 43.2 Å². The van der Waals surface area contributed by atoms with Crippen LogP contribution in [0.25, 0.3) is 11.0 Å². The van der Waals surface area contributed by atoms with E-state index in [0.29, 0.717) is 11.8 Å². The van der Waals surface area contributed by atoms with Gasteiger partial charge in [0.15, 0.2) is 11.0 Å². The van der Waals surface area contributed by atoms with Gasteiger partial charge in [-0.1, -0.05) is 42.5 Å². The molecule has 0 radical (unpaired) electrons. The Labute approximate surface area is 187 Å². The van der Waals surface area contributed by atoms with Crippen molar-refractivity contribution in [1.82, 2.24) is 10.3 Å². The molecule has 4 fully saturated rings. The Morgan fingerprint density at radius 1 is 0.935 bits per heavy atom. The number of para-hydroxylation sites is 2. The van der Waals surface area contributed by atoms with E-state index in [1.807, 2.05) is 6.07 Å². The van der Waals surface area contributed by atoms with E-state index >= 15 is 0 Å². The molecule has 160 valence electrons. The standard InChI is InChI=1S/C26H29N3OS/c30-24(28-25-20-11-18-10-19(13-20)14-21(25)12-18)16-31-26-27-22-8-4-5-9-23(22)29(26)15-17-6-2-1-3-7-17/h1-9,18-21,25H,10-16H2,(H,28,30)/p+1. The van der Waals surface area contributed by atoms with Gasteiger partial charge in [0.25, 0.3) is 0 Å². The van der Waals surface area contributed by atoms with E-state index in [2.05, 4.69) is 63.4 Å². The molecule has 7 rings (SSSR count). The predicted molar refractivity (Wildman–Crippen MR) is 124 cm³/mol. The lowest BCUT2D eigenvalue weighted by molar-refractivity contribution is -0.700. The quantitative estimate of drug-likeness (QED) is 0.444. The van der Waals surface area contributed by atoms with Crippen LogP contribution in [-0.4, -0.2) is 22.7 Å². The van der Waals surface area contributed by atoms with Crippen molar-refractivity contribution in [2.75, 3.05) is 5.75 Å². The number of hydrogen-bond donors (Lipinski definition) is 2. The van der Waals surface area contributed by atoms with E-state index in [9.17, 15) is 4.79 Å². The van der Waals surface area contributed by atoms with Crippen molar-refractivity contribution in [2.45, 2.75) is 49.8 Å². The number of nitrogens with zero attached hydrogens (tertiary/aromatic N) is 1. The summed E-state index contributed by atoms with van der Waals surface area (Å²) in [5.74, 6) is 3.97. The minimum atomic E-state index is 0.187. The van der Waals surface area contributed by atoms with Gasteiger partial charge in [0.05, 0.1) is 5.75 Å². The number of aromatic amines is 1. The summed E-state index contributed by atoms with van der Waals surface area (Å²) >= 11 is 1.62. The lowest BCUT2D eigenvalue weighted by Gasteiger charge is -2.54. The number of rotatable bonds is 6. The van der Waals surface area contributed by atoms with Gasteiger partial charge >= 0.3 is 5.16 Å². The van der Waals surface area contributed by atoms with Crippen molar-refractivity contribution in [2.24, 2.45) is 23.7 Å². The smallest absolute Gasteiger partial charge is 0.317 e. The van der Waals surface area contributed by atoms with Crippen LogP contribution in [0.1, 0.15) is 37.7 Å². The summed E-state index contributed by atoms with van der Waals surface area (Å²) in [5.41, 5.74) is 3.55. The Morgan fingerprint density at radius 2 is 1.61 bits per heavy atom. The fourth-order valence-electron chi connectivity index (χ4n) is 6.67. The molecule has 1 aromatic heterocycles. The monoisotopic (exact) mass is 432 g/mol. The maximum absolute atomic E-state index is 12.9.